The Hall–Kier alpha value is -2.54. The van der Waals surface area contributed by atoms with Gasteiger partial charge in [0.05, 0.1) is 4.90 Å². The second-order valence-corrected chi connectivity index (χ2v) is 10.7. The zero-order valence-corrected chi connectivity index (χ0v) is 20.3. The number of carbonyl (C=O) groups excluding carboxylic acids is 2. The van der Waals surface area contributed by atoms with Gasteiger partial charge in [0.25, 0.3) is 23.4 Å². The largest absolute Gasteiger partial charge is 0.351 e. The number of fused-ring (bicyclic) bond motifs is 2. The van der Waals surface area contributed by atoms with E-state index in [0.29, 0.717) is 17.0 Å². The van der Waals surface area contributed by atoms with E-state index in [4.69, 9.17) is 11.6 Å². The monoisotopic (exact) mass is 554 g/mol. The Morgan fingerprint density at radius 1 is 1.17 bits per heavy atom. The minimum atomic E-state index is -5.58. The summed E-state index contributed by atoms with van der Waals surface area (Å²) in [5.74, 6) is -6.50. The smallest absolute Gasteiger partial charge is 0.278 e. The van der Waals surface area contributed by atoms with Crippen LogP contribution < -0.4 is 10.2 Å². The first-order chi connectivity index (χ1) is 16.7. The second kappa shape index (κ2) is 9.40. The van der Waals surface area contributed by atoms with Crippen molar-refractivity contribution in [2.75, 3.05) is 4.90 Å². The molecular weight excluding hydrogens is 534 g/mol. The molecule has 1 N–H and O–H groups in total. The van der Waals surface area contributed by atoms with Crippen LogP contribution >= 0.6 is 22.8 Å². The maximum Gasteiger partial charge on any atom is 0.278 e. The van der Waals surface area contributed by atoms with Crippen LogP contribution in [0, 0.1) is 11.8 Å². The Bertz CT molecular complexity index is 1140. The number of aromatic nitrogens is 2. The number of nitrogens with zero attached hydrogens (tertiary/aromatic N) is 3. The first kappa shape index (κ1) is 26.5. The Labute approximate surface area is 209 Å². The summed E-state index contributed by atoms with van der Waals surface area (Å²) in [5, 5.41) is 2.70. The first-order valence-corrected chi connectivity index (χ1v) is 12.6. The van der Waals surface area contributed by atoms with Gasteiger partial charge in [-0.3, -0.25) is 14.5 Å². The van der Waals surface area contributed by atoms with Crippen LogP contribution in [0.15, 0.2) is 47.9 Å². The van der Waals surface area contributed by atoms with Crippen molar-refractivity contribution in [3.05, 3.63) is 48.5 Å². The van der Waals surface area contributed by atoms with E-state index >= 15 is 0 Å². The van der Waals surface area contributed by atoms with Crippen molar-refractivity contribution in [2.24, 2.45) is 11.8 Å². The predicted molar refractivity (Wildman–Crippen MR) is 121 cm³/mol. The summed E-state index contributed by atoms with van der Waals surface area (Å²) in [6, 6.07) is 2.66. The van der Waals surface area contributed by atoms with Gasteiger partial charge in [0.15, 0.2) is 5.54 Å². The number of anilines is 1. The van der Waals surface area contributed by atoms with Gasteiger partial charge < -0.3 is 5.32 Å². The summed E-state index contributed by atoms with van der Waals surface area (Å²) < 4.78 is 81.7. The molecule has 14 heteroatoms. The molecule has 0 aliphatic heterocycles. The van der Waals surface area contributed by atoms with Gasteiger partial charge in [-0.05, 0) is 49.9 Å². The molecule has 2 unspecified atom stereocenters. The first-order valence-electron chi connectivity index (χ1n) is 10.8. The van der Waals surface area contributed by atoms with Crippen LogP contribution in [0.2, 0.25) is 0 Å². The molecule has 2 aromatic rings. The molecule has 2 saturated carbocycles. The van der Waals surface area contributed by atoms with Crippen LogP contribution in [0.4, 0.5) is 30.5 Å². The summed E-state index contributed by atoms with van der Waals surface area (Å²) >= 11 is -0.132. The highest BCUT2D eigenvalue weighted by Crippen LogP contribution is 2.60. The van der Waals surface area contributed by atoms with Gasteiger partial charge in [-0.15, -0.1) is 11.7 Å². The molecule has 0 saturated heterocycles. The van der Waals surface area contributed by atoms with Crippen LogP contribution in [0.5, 0.6) is 0 Å². The van der Waals surface area contributed by atoms with Gasteiger partial charge in [-0.2, -0.15) is 0 Å². The fourth-order valence-electron chi connectivity index (χ4n) is 5.06. The van der Waals surface area contributed by atoms with Crippen molar-refractivity contribution in [2.45, 2.75) is 54.2 Å². The third-order valence-corrected chi connectivity index (χ3v) is 7.92. The van der Waals surface area contributed by atoms with Crippen LogP contribution in [-0.4, -0.2) is 39.4 Å². The topological polar surface area (TPSA) is 75.2 Å². The third kappa shape index (κ3) is 4.74. The second-order valence-electron chi connectivity index (χ2n) is 9.05. The van der Waals surface area contributed by atoms with Crippen LogP contribution in [0.25, 0.3) is 0 Å². The third-order valence-electron chi connectivity index (χ3n) is 6.92. The van der Waals surface area contributed by atoms with Crippen molar-refractivity contribution in [1.29, 1.82) is 0 Å². The number of nitrogens with one attached hydrogen (secondary N) is 1. The lowest BCUT2D eigenvalue weighted by atomic mass is 9.87. The van der Waals surface area contributed by atoms with Gasteiger partial charge >= 0.3 is 0 Å². The Morgan fingerprint density at radius 3 is 2.25 bits per heavy atom. The average Bonchev–Trinajstić information content (AvgIpc) is 3.34. The molecule has 4 rings (SSSR count). The fraction of sp³-hybridized carbons (Fsp3) is 0.455. The number of benzene rings is 1. The van der Waals surface area contributed by atoms with Gasteiger partial charge in [-0.1, -0.05) is 11.6 Å². The van der Waals surface area contributed by atoms with E-state index in [1.165, 1.54) is 19.3 Å². The molecule has 2 fully saturated rings. The Kier molecular flexibility index (Phi) is 6.93. The van der Waals surface area contributed by atoms with E-state index in [1.807, 2.05) is 0 Å². The van der Waals surface area contributed by atoms with Crippen molar-refractivity contribution in [3.63, 3.8) is 0 Å². The van der Waals surface area contributed by atoms with Crippen molar-refractivity contribution >= 4 is 40.3 Å². The lowest BCUT2D eigenvalue weighted by molar-refractivity contribution is -0.132. The molecule has 36 heavy (non-hydrogen) atoms. The molecule has 196 valence electrons. The molecule has 5 atom stereocenters. The maximum atomic E-state index is 14.2. The fourth-order valence-corrected chi connectivity index (χ4v) is 5.60. The highest BCUT2D eigenvalue weighted by Gasteiger charge is 2.58. The molecule has 1 heterocycles. The minimum absolute atomic E-state index is 0.00664. The van der Waals surface area contributed by atoms with E-state index in [9.17, 15) is 34.4 Å². The number of hydrogen-bond donors (Lipinski definition) is 1. The molecule has 1 aromatic heterocycles. The summed E-state index contributed by atoms with van der Waals surface area (Å²) in [4.78, 5) is 34.1. The molecule has 2 aliphatic rings. The number of hydrogen-bond acceptors (Lipinski definition) is 4. The van der Waals surface area contributed by atoms with Crippen LogP contribution in [0.3, 0.4) is 0 Å². The van der Waals surface area contributed by atoms with E-state index < -0.39 is 69.3 Å². The van der Waals surface area contributed by atoms with E-state index in [-0.39, 0.29) is 24.1 Å². The number of carbonyl (C=O) groups is 2. The summed E-state index contributed by atoms with van der Waals surface area (Å²) in [7, 11) is 0. The Morgan fingerprint density at radius 2 is 1.78 bits per heavy atom. The predicted octanol–water partition coefficient (Wildman–Crippen LogP) is 5.63. The van der Waals surface area contributed by atoms with Crippen LogP contribution in [-0.2, 0) is 15.1 Å². The van der Waals surface area contributed by atoms with Gasteiger partial charge in [-0.25, -0.2) is 23.1 Å². The number of rotatable bonds is 7. The molecule has 2 bridgehead atoms. The Balaban J connectivity index is 1.76. The van der Waals surface area contributed by atoms with Gasteiger partial charge in [0, 0.05) is 42.0 Å². The van der Waals surface area contributed by atoms with E-state index in [2.05, 4.69) is 15.3 Å². The molecule has 6 nitrogen and oxygen atoms in total. The maximum absolute atomic E-state index is 14.2. The number of halogens is 7. The van der Waals surface area contributed by atoms with E-state index in [0.717, 1.165) is 18.5 Å². The van der Waals surface area contributed by atoms with Crippen molar-refractivity contribution < 1.29 is 34.4 Å². The standard InChI is InChI=1S/C22H21ClF6N4O2S/c1-21(14-9-30-11-31-10-14,20(35)32-17-7-13-6-12(17)8-22(13,25)26)33(19(34)18(23)24)15-2-4-16(5-3-15)36(27,28)29/h2-5,9-13,17-18H,6-8H2,1H3,(H,32,35)/t12?,13?,17-,18-,21-/m0/s1. The normalized spacial score (nSPS) is 25.6. The number of alkyl halides is 4. The molecule has 2 amide bonds. The highest BCUT2D eigenvalue weighted by atomic mass is 35.5. The van der Waals surface area contributed by atoms with Crippen molar-refractivity contribution in [1.82, 2.24) is 15.3 Å². The highest BCUT2D eigenvalue weighted by molar-refractivity contribution is 8.20. The molecule has 1 aromatic carbocycles. The van der Waals surface area contributed by atoms with Crippen molar-refractivity contribution in [3.8, 4) is 0 Å². The summed E-state index contributed by atoms with van der Waals surface area (Å²) in [5.41, 5.74) is -4.96. The van der Waals surface area contributed by atoms with Gasteiger partial charge in [0.2, 0.25) is 11.2 Å². The summed E-state index contributed by atoms with van der Waals surface area (Å²) in [6.07, 6.45) is 3.37. The zero-order valence-electron chi connectivity index (χ0n) is 18.7. The SMILES string of the molecule is C[C@@](C(=O)N[C@H]1CC2CC1CC2(F)F)(c1cncnc1)N(C(=O)[C@H](F)Cl)c1ccc(S(F)(F)F)cc1. The van der Waals surface area contributed by atoms with Gasteiger partial charge in [0.1, 0.15) is 6.33 Å². The minimum Gasteiger partial charge on any atom is -0.351 e. The average molecular weight is 555 g/mol. The molecule has 0 spiro atoms. The van der Waals surface area contributed by atoms with E-state index in [1.54, 1.807) is 0 Å². The zero-order chi connectivity index (χ0) is 26.5. The quantitative estimate of drug-likeness (QED) is 0.356. The van der Waals surface area contributed by atoms with Crippen LogP contribution in [0.1, 0.15) is 31.7 Å². The molecule has 2 aliphatic carbocycles. The lowest BCUT2D eigenvalue weighted by Crippen LogP contribution is -2.60. The lowest BCUT2D eigenvalue weighted by Gasteiger charge is -2.41. The number of amides is 2. The summed E-state index contributed by atoms with van der Waals surface area (Å²) in [6.45, 7) is 1.24. The molecular formula is C22H21ClF6N4O2S. The molecule has 0 radical (unpaired) electrons.